The van der Waals surface area contributed by atoms with E-state index >= 15 is 0 Å². The third-order valence-corrected chi connectivity index (χ3v) is 2.23. The molecular weight excluding hydrogens is 172 g/mol. The Labute approximate surface area is 87.9 Å². The van der Waals surface area contributed by atoms with Crippen molar-refractivity contribution in [2.24, 2.45) is 0 Å². The summed E-state index contributed by atoms with van der Waals surface area (Å²) in [6.07, 6.45) is 11.6. The van der Waals surface area contributed by atoms with Crippen molar-refractivity contribution < 1.29 is 4.79 Å². The number of unbranched alkanes of at least 4 members (excludes halogenated alkanes) is 4. The van der Waals surface area contributed by atoms with E-state index in [9.17, 15) is 4.79 Å². The molecule has 80 valence electrons. The van der Waals surface area contributed by atoms with Gasteiger partial charge in [-0.3, -0.25) is 4.79 Å². The molecule has 0 heterocycles. The van der Waals surface area contributed by atoms with Crippen LogP contribution in [0.15, 0.2) is 25.3 Å². The molecule has 14 heavy (non-hydrogen) atoms. The number of hydrogen-bond acceptors (Lipinski definition) is 1. The van der Waals surface area contributed by atoms with Crippen molar-refractivity contribution in [1.29, 1.82) is 0 Å². The Morgan fingerprint density at radius 1 is 0.857 bits per heavy atom. The zero-order valence-corrected chi connectivity index (χ0v) is 9.13. The SMILES string of the molecule is C=CCCCCC(=O)CCCCC=C. The van der Waals surface area contributed by atoms with E-state index in [1.165, 1.54) is 0 Å². The molecule has 0 rings (SSSR count). The normalized spacial score (nSPS) is 9.71. The molecule has 0 saturated heterocycles. The molecule has 0 bridgehead atoms. The molecule has 1 nitrogen and oxygen atoms in total. The molecule has 0 saturated carbocycles. The number of carbonyl (C=O) groups is 1. The zero-order chi connectivity index (χ0) is 10.6. The van der Waals surface area contributed by atoms with Gasteiger partial charge in [0.2, 0.25) is 0 Å². The summed E-state index contributed by atoms with van der Waals surface area (Å²) >= 11 is 0. The number of carbonyl (C=O) groups excluding carboxylic acids is 1. The van der Waals surface area contributed by atoms with E-state index in [2.05, 4.69) is 13.2 Å². The first-order valence-corrected chi connectivity index (χ1v) is 5.54. The van der Waals surface area contributed by atoms with Gasteiger partial charge in [0.05, 0.1) is 0 Å². The maximum absolute atomic E-state index is 11.3. The highest BCUT2D eigenvalue weighted by Crippen LogP contribution is 2.06. The minimum atomic E-state index is 0.415. The lowest BCUT2D eigenvalue weighted by Crippen LogP contribution is -1.97. The number of Topliss-reactive ketones (excluding diaryl/α,β-unsaturated/α-hetero) is 1. The van der Waals surface area contributed by atoms with E-state index in [4.69, 9.17) is 0 Å². The van der Waals surface area contributed by atoms with Gasteiger partial charge in [0.1, 0.15) is 5.78 Å². The Bertz CT molecular complexity index is 152. The van der Waals surface area contributed by atoms with Gasteiger partial charge in [0, 0.05) is 12.8 Å². The average Bonchev–Trinajstić information content (AvgIpc) is 2.19. The van der Waals surface area contributed by atoms with Crippen LogP contribution in [0.4, 0.5) is 0 Å². The first-order valence-electron chi connectivity index (χ1n) is 5.54. The summed E-state index contributed by atoms with van der Waals surface area (Å²) in [7, 11) is 0. The maximum Gasteiger partial charge on any atom is 0.132 e. The molecule has 0 aromatic rings. The summed E-state index contributed by atoms with van der Waals surface area (Å²) in [4.78, 5) is 11.3. The van der Waals surface area contributed by atoms with Crippen molar-refractivity contribution in [3.8, 4) is 0 Å². The molecule has 0 spiro atoms. The van der Waals surface area contributed by atoms with Crippen LogP contribution in [-0.4, -0.2) is 5.78 Å². The Morgan fingerprint density at radius 3 is 1.64 bits per heavy atom. The summed E-state index contributed by atoms with van der Waals surface area (Å²) in [6, 6.07) is 0. The molecule has 0 unspecified atom stereocenters. The van der Waals surface area contributed by atoms with Gasteiger partial charge in [-0.05, 0) is 38.5 Å². The third kappa shape index (κ3) is 9.24. The quantitative estimate of drug-likeness (QED) is 0.379. The highest BCUT2D eigenvalue weighted by atomic mass is 16.1. The molecule has 1 heteroatoms. The van der Waals surface area contributed by atoms with Crippen molar-refractivity contribution in [2.75, 3.05) is 0 Å². The second-order valence-corrected chi connectivity index (χ2v) is 3.61. The van der Waals surface area contributed by atoms with Crippen molar-refractivity contribution in [3.63, 3.8) is 0 Å². The Kier molecular flexibility index (Phi) is 9.61. The molecule has 0 aromatic heterocycles. The number of hydrogen-bond donors (Lipinski definition) is 0. The van der Waals surface area contributed by atoms with Gasteiger partial charge in [0.25, 0.3) is 0 Å². The summed E-state index contributed by atoms with van der Waals surface area (Å²) in [5.74, 6) is 0.415. The predicted molar refractivity (Wildman–Crippen MR) is 62.3 cm³/mol. The van der Waals surface area contributed by atoms with Gasteiger partial charge >= 0.3 is 0 Å². The van der Waals surface area contributed by atoms with Crippen molar-refractivity contribution in [1.82, 2.24) is 0 Å². The van der Waals surface area contributed by atoms with E-state index in [-0.39, 0.29) is 0 Å². The highest BCUT2D eigenvalue weighted by molar-refractivity contribution is 5.78. The van der Waals surface area contributed by atoms with Crippen LogP contribution >= 0.6 is 0 Å². The molecular formula is C13H22O. The standard InChI is InChI=1S/C13H22O/c1-3-5-7-9-11-13(14)12-10-8-6-4-2/h3-4H,1-2,5-12H2. The minimum absolute atomic E-state index is 0.415. The second kappa shape index (κ2) is 10.2. The third-order valence-electron chi connectivity index (χ3n) is 2.23. The molecule has 0 amide bonds. The van der Waals surface area contributed by atoms with Crippen molar-refractivity contribution >= 4 is 5.78 Å². The van der Waals surface area contributed by atoms with Gasteiger partial charge in [-0.2, -0.15) is 0 Å². The van der Waals surface area contributed by atoms with Crippen molar-refractivity contribution in [3.05, 3.63) is 25.3 Å². The predicted octanol–water partition coefficient (Wildman–Crippen LogP) is 4.05. The Morgan fingerprint density at radius 2 is 1.29 bits per heavy atom. The molecule has 0 fully saturated rings. The molecule has 0 aromatic carbocycles. The van der Waals surface area contributed by atoms with E-state index < -0.39 is 0 Å². The lowest BCUT2D eigenvalue weighted by Gasteiger charge is -1.99. The van der Waals surface area contributed by atoms with Crippen LogP contribution in [0.25, 0.3) is 0 Å². The van der Waals surface area contributed by atoms with Crippen LogP contribution < -0.4 is 0 Å². The number of allylic oxidation sites excluding steroid dienone is 2. The van der Waals surface area contributed by atoms with Gasteiger partial charge in [-0.15, -0.1) is 13.2 Å². The number of rotatable bonds is 10. The van der Waals surface area contributed by atoms with Gasteiger partial charge in [-0.25, -0.2) is 0 Å². The van der Waals surface area contributed by atoms with Gasteiger partial charge < -0.3 is 0 Å². The van der Waals surface area contributed by atoms with Crippen LogP contribution in [0.2, 0.25) is 0 Å². The van der Waals surface area contributed by atoms with Crippen LogP contribution in [0.1, 0.15) is 51.4 Å². The van der Waals surface area contributed by atoms with E-state index in [1.54, 1.807) is 0 Å². The Hall–Kier alpha value is -0.850. The van der Waals surface area contributed by atoms with Crippen LogP contribution in [0.5, 0.6) is 0 Å². The van der Waals surface area contributed by atoms with E-state index in [0.29, 0.717) is 5.78 Å². The maximum atomic E-state index is 11.3. The zero-order valence-electron chi connectivity index (χ0n) is 9.13. The highest BCUT2D eigenvalue weighted by Gasteiger charge is 2.00. The fourth-order valence-corrected chi connectivity index (χ4v) is 1.35. The fraction of sp³-hybridized carbons (Fsp3) is 0.615. The largest absolute Gasteiger partial charge is 0.300 e. The van der Waals surface area contributed by atoms with Crippen LogP contribution in [0.3, 0.4) is 0 Å². The molecule has 0 radical (unpaired) electrons. The van der Waals surface area contributed by atoms with Crippen molar-refractivity contribution in [2.45, 2.75) is 51.4 Å². The van der Waals surface area contributed by atoms with Gasteiger partial charge in [-0.1, -0.05) is 12.2 Å². The van der Waals surface area contributed by atoms with E-state index in [1.807, 2.05) is 12.2 Å². The summed E-state index contributed by atoms with van der Waals surface area (Å²) in [5, 5.41) is 0. The molecule has 0 aliphatic rings. The van der Waals surface area contributed by atoms with Crippen LogP contribution in [0, 0.1) is 0 Å². The first-order chi connectivity index (χ1) is 6.81. The van der Waals surface area contributed by atoms with Gasteiger partial charge in [0.15, 0.2) is 0 Å². The summed E-state index contributed by atoms with van der Waals surface area (Å²) in [5.41, 5.74) is 0. The summed E-state index contributed by atoms with van der Waals surface area (Å²) in [6.45, 7) is 7.31. The monoisotopic (exact) mass is 194 g/mol. The molecule has 0 atom stereocenters. The Balaban J connectivity index is 3.19. The smallest absolute Gasteiger partial charge is 0.132 e. The average molecular weight is 194 g/mol. The summed E-state index contributed by atoms with van der Waals surface area (Å²) < 4.78 is 0. The lowest BCUT2D eigenvalue weighted by molar-refractivity contribution is -0.119. The van der Waals surface area contributed by atoms with E-state index in [0.717, 1.165) is 51.4 Å². The number of ketones is 1. The fourth-order valence-electron chi connectivity index (χ4n) is 1.35. The first kappa shape index (κ1) is 13.2. The topological polar surface area (TPSA) is 17.1 Å². The second-order valence-electron chi connectivity index (χ2n) is 3.61. The minimum Gasteiger partial charge on any atom is -0.300 e. The molecule has 0 N–H and O–H groups in total. The molecule has 0 aliphatic carbocycles. The lowest BCUT2D eigenvalue weighted by atomic mass is 10.1. The molecule has 0 aliphatic heterocycles. The van der Waals surface area contributed by atoms with Crippen LogP contribution in [-0.2, 0) is 4.79 Å².